The van der Waals surface area contributed by atoms with Gasteiger partial charge in [0.25, 0.3) is 0 Å². The largest absolute Gasteiger partial charge is 0.456 e. The Hall–Kier alpha value is -1.58. The molecule has 94 valence electrons. The first-order chi connectivity index (χ1) is 8.61. The number of benzene rings is 2. The number of halogens is 2. The normalized spacial score (nSPS) is 10.2. The molecule has 2 aromatic carbocycles. The summed E-state index contributed by atoms with van der Waals surface area (Å²) in [5.41, 5.74) is 7.30. The number of rotatable bonds is 3. The topological polar surface area (TPSA) is 47.3 Å². The summed E-state index contributed by atoms with van der Waals surface area (Å²) in [5, 5.41) is 3.82. The lowest BCUT2D eigenvalue weighted by molar-refractivity contribution is 0.483. The summed E-state index contributed by atoms with van der Waals surface area (Å²) >= 11 is 12.0. The molecule has 0 aromatic heterocycles. The van der Waals surface area contributed by atoms with Gasteiger partial charge in [0, 0.05) is 13.1 Å². The van der Waals surface area contributed by atoms with Crippen molar-refractivity contribution in [1.82, 2.24) is 0 Å². The number of nitrogens with two attached hydrogens (primary N) is 1. The maximum Gasteiger partial charge on any atom is 0.147 e. The highest BCUT2D eigenvalue weighted by Gasteiger charge is 2.07. The van der Waals surface area contributed by atoms with E-state index in [0.717, 1.165) is 5.69 Å². The summed E-state index contributed by atoms with van der Waals surface area (Å²) in [6, 6.07) is 10.6. The van der Waals surface area contributed by atoms with Crippen LogP contribution in [0.4, 0.5) is 11.4 Å². The zero-order valence-corrected chi connectivity index (χ0v) is 11.2. The van der Waals surface area contributed by atoms with Crippen molar-refractivity contribution in [2.75, 3.05) is 18.1 Å². The van der Waals surface area contributed by atoms with Crippen molar-refractivity contribution >= 4 is 34.6 Å². The predicted molar refractivity (Wildman–Crippen MR) is 76.9 cm³/mol. The third kappa shape index (κ3) is 2.63. The van der Waals surface area contributed by atoms with Gasteiger partial charge in [0.05, 0.1) is 16.4 Å². The molecule has 3 nitrogen and oxygen atoms in total. The molecule has 3 N–H and O–H groups in total. The highest BCUT2D eigenvalue weighted by atomic mass is 35.5. The smallest absolute Gasteiger partial charge is 0.147 e. The molecule has 18 heavy (non-hydrogen) atoms. The quantitative estimate of drug-likeness (QED) is 0.820. The van der Waals surface area contributed by atoms with Crippen LogP contribution in [0.15, 0.2) is 36.4 Å². The Morgan fingerprint density at radius 2 is 1.94 bits per heavy atom. The van der Waals surface area contributed by atoms with Gasteiger partial charge in [-0.1, -0.05) is 29.3 Å². The molecule has 0 unspecified atom stereocenters. The molecule has 0 saturated heterocycles. The maximum atomic E-state index is 6.04. The van der Waals surface area contributed by atoms with Crippen molar-refractivity contribution in [2.45, 2.75) is 0 Å². The van der Waals surface area contributed by atoms with Crippen LogP contribution in [0, 0.1) is 0 Å². The van der Waals surface area contributed by atoms with Gasteiger partial charge in [0.2, 0.25) is 0 Å². The van der Waals surface area contributed by atoms with Gasteiger partial charge in [-0.2, -0.15) is 0 Å². The number of anilines is 2. The zero-order chi connectivity index (χ0) is 13.1. The molecule has 0 saturated carbocycles. The van der Waals surface area contributed by atoms with E-state index < -0.39 is 0 Å². The summed E-state index contributed by atoms with van der Waals surface area (Å²) in [6.45, 7) is 0. The van der Waals surface area contributed by atoms with Gasteiger partial charge >= 0.3 is 0 Å². The average Bonchev–Trinajstić information content (AvgIpc) is 2.35. The van der Waals surface area contributed by atoms with Crippen molar-refractivity contribution in [3.8, 4) is 11.5 Å². The standard InChI is InChI=1S/C13H12Cl2N2O/c1-17-11-6-5-8(7-10(11)16)18-12-4-2-3-9(14)13(12)15/h2-7,17H,16H2,1H3. The van der Waals surface area contributed by atoms with E-state index in [9.17, 15) is 0 Å². The molecule has 0 atom stereocenters. The Balaban J connectivity index is 2.29. The lowest BCUT2D eigenvalue weighted by atomic mass is 10.2. The highest BCUT2D eigenvalue weighted by molar-refractivity contribution is 6.42. The number of hydrogen-bond acceptors (Lipinski definition) is 3. The van der Waals surface area contributed by atoms with Gasteiger partial charge in [-0.25, -0.2) is 0 Å². The van der Waals surface area contributed by atoms with E-state index in [1.54, 1.807) is 37.4 Å². The molecular weight excluding hydrogens is 271 g/mol. The molecule has 5 heteroatoms. The van der Waals surface area contributed by atoms with Gasteiger partial charge in [0.1, 0.15) is 16.5 Å². The zero-order valence-electron chi connectivity index (χ0n) is 9.71. The Kier molecular flexibility index (Phi) is 3.84. The molecule has 0 bridgehead atoms. The second-order valence-corrected chi connectivity index (χ2v) is 4.44. The SMILES string of the molecule is CNc1ccc(Oc2cccc(Cl)c2Cl)cc1N. The molecule has 0 spiro atoms. The molecule has 2 aromatic rings. The Bertz CT molecular complexity index is 573. The molecule has 0 aliphatic heterocycles. The Morgan fingerprint density at radius 3 is 2.61 bits per heavy atom. The van der Waals surface area contributed by atoms with Crippen molar-refractivity contribution < 1.29 is 4.74 Å². The summed E-state index contributed by atoms with van der Waals surface area (Å²) in [4.78, 5) is 0. The average molecular weight is 283 g/mol. The van der Waals surface area contributed by atoms with Gasteiger partial charge in [0.15, 0.2) is 0 Å². The Labute approximate surface area is 115 Å². The predicted octanol–water partition coefficient (Wildman–Crippen LogP) is 4.41. The Morgan fingerprint density at radius 1 is 1.17 bits per heavy atom. The molecular formula is C13H12Cl2N2O. The first-order valence-electron chi connectivity index (χ1n) is 5.31. The molecule has 0 fully saturated rings. The number of ether oxygens (including phenoxy) is 1. The van der Waals surface area contributed by atoms with Gasteiger partial charge < -0.3 is 15.8 Å². The second-order valence-electron chi connectivity index (χ2n) is 3.65. The fourth-order valence-electron chi connectivity index (χ4n) is 1.52. The lowest BCUT2D eigenvalue weighted by Gasteiger charge is -2.11. The van der Waals surface area contributed by atoms with Crippen molar-refractivity contribution in [3.63, 3.8) is 0 Å². The van der Waals surface area contributed by atoms with E-state index in [0.29, 0.717) is 27.2 Å². The first kappa shape index (κ1) is 12.9. The fraction of sp³-hybridized carbons (Fsp3) is 0.0769. The molecule has 0 amide bonds. The maximum absolute atomic E-state index is 6.04. The third-order valence-corrected chi connectivity index (χ3v) is 3.24. The number of nitrogens with one attached hydrogen (secondary N) is 1. The number of nitrogen functional groups attached to an aromatic ring is 1. The third-order valence-electron chi connectivity index (χ3n) is 2.44. The second kappa shape index (κ2) is 5.38. The lowest BCUT2D eigenvalue weighted by Crippen LogP contribution is -1.96. The van der Waals surface area contributed by atoms with Crippen LogP contribution in [0.5, 0.6) is 11.5 Å². The van der Waals surface area contributed by atoms with E-state index in [1.165, 1.54) is 0 Å². The minimum absolute atomic E-state index is 0.385. The van der Waals surface area contributed by atoms with Crippen molar-refractivity contribution in [1.29, 1.82) is 0 Å². The summed E-state index contributed by atoms with van der Waals surface area (Å²) in [5.74, 6) is 1.11. The van der Waals surface area contributed by atoms with Crippen LogP contribution < -0.4 is 15.8 Å². The molecule has 0 radical (unpaired) electrons. The van der Waals surface area contributed by atoms with Crippen LogP contribution in [-0.2, 0) is 0 Å². The summed E-state index contributed by atoms with van der Waals surface area (Å²) in [6.07, 6.45) is 0. The summed E-state index contributed by atoms with van der Waals surface area (Å²) in [7, 11) is 1.81. The van der Waals surface area contributed by atoms with E-state index in [-0.39, 0.29) is 0 Å². The minimum atomic E-state index is 0.385. The fourth-order valence-corrected chi connectivity index (χ4v) is 1.85. The minimum Gasteiger partial charge on any atom is -0.456 e. The van der Waals surface area contributed by atoms with Gasteiger partial charge in [-0.3, -0.25) is 0 Å². The van der Waals surface area contributed by atoms with Gasteiger partial charge in [-0.05, 0) is 24.3 Å². The molecule has 2 rings (SSSR count). The van der Waals surface area contributed by atoms with Crippen LogP contribution in [0.2, 0.25) is 10.0 Å². The highest BCUT2D eigenvalue weighted by Crippen LogP contribution is 2.35. The summed E-state index contributed by atoms with van der Waals surface area (Å²) < 4.78 is 5.65. The number of hydrogen-bond donors (Lipinski definition) is 2. The van der Waals surface area contributed by atoms with Gasteiger partial charge in [-0.15, -0.1) is 0 Å². The molecule has 0 aliphatic carbocycles. The van der Waals surface area contributed by atoms with Crippen molar-refractivity contribution in [3.05, 3.63) is 46.4 Å². The molecule has 0 aliphatic rings. The molecule has 0 heterocycles. The van der Waals surface area contributed by atoms with E-state index >= 15 is 0 Å². The van der Waals surface area contributed by atoms with Crippen LogP contribution in [0.3, 0.4) is 0 Å². The van der Waals surface area contributed by atoms with Crippen molar-refractivity contribution in [2.24, 2.45) is 0 Å². The van der Waals surface area contributed by atoms with E-state index in [2.05, 4.69) is 5.32 Å². The van der Waals surface area contributed by atoms with Crippen LogP contribution >= 0.6 is 23.2 Å². The van der Waals surface area contributed by atoms with E-state index in [4.69, 9.17) is 33.7 Å². The van der Waals surface area contributed by atoms with Crippen LogP contribution in [0.25, 0.3) is 0 Å². The van der Waals surface area contributed by atoms with Crippen LogP contribution in [0.1, 0.15) is 0 Å². The monoisotopic (exact) mass is 282 g/mol. The van der Waals surface area contributed by atoms with Crippen LogP contribution in [-0.4, -0.2) is 7.05 Å². The first-order valence-corrected chi connectivity index (χ1v) is 6.06. The van der Waals surface area contributed by atoms with E-state index in [1.807, 2.05) is 6.07 Å².